The van der Waals surface area contributed by atoms with Gasteiger partial charge in [0.05, 0.1) is 5.92 Å². The zero-order valence-electron chi connectivity index (χ0n) is 15.1. The monoisotopic (exact) mass is 367 g/mol. The van der Waals surface area contributed by atoms with Crippen molar-refractivity contribution in [3.05, 3.63) is 30.1 Å². The van der Waals surface area contributed by atoms with E-state index in [1.54, 1.807) is 0 Å². The summed E-state index contributed by atoms with van der Waals surface area (Å²) in [7, 11) is 0. The molecule has 5 N–H and O–H groups in total. The standard InChI is InChI=1S/C13H21N3.C5H8O5/c14-7-3-9-16-10-5-12(6-11-16)13-4-1-2-8-15-13;1-2(4(7)8)3(6)5(9)10/h1-2,4,8,12H,3,5-7,9-11,14H2;2-3,6H,1H3,(H,7,8)(H,9,10). The molecule has 26 heavy (non-hydrogen) atoms. The number of pyridine rings is 1. The van der Waals surface area contributed by atoms with Crippen LogP contribution in [0.5, 0.6) is 0 Å². The highest BCUT2D eigenvalue weighted by Crippen LogP contribution is 2.26. The fourth-order valence-corrected chi connectivity index (χ4v) is 2.73. The zero-order chi connectivity index (χ0) is 19.5. The molecular weight excluding hydrogens is 338 g/mol. The van der Waals surface area contributed by atoms with Crippen molar-refractivity contribution in [1.82, 2.24) is 9.88 Å². The number of likely N-dealkylation sites (tertiary alicyclic amines) is 1. The Labute approximate surface area is 153 Å². The van der Waals surface area contributed by atoms with E-state index in [-0.39, 0.29) is 0 Å². The van der Waals surface area contributed by atoms with Gasteiger partial charge in [-0.05, 0) is 64.5 Å². The van der Waals surface area contributed by atoms with Crippen molar-refractivity contribution in [2.45, 2.75) is 38.2 Å². The molecule has 0 spiro atoms. The van der Waals surface area contributed by atoms with Crippen molar-refractivity contribution in [1.29, 1.82) is 0 Å². The predicted octanol–water partition coefficient (Wildman–Crippen LogP) is 0.762. The largest absolute Gasteiger partial charge is 0.481 e. The van der Waals surface area contributed by atoms with Gasteiger partial charge in [-0.1, -0.05) is 6.07 Å². The molecule has 0 amide bonds. The van der Waals surface area contributed by atoms with Gasteiger partial charge >= 0.3 is 11.9 Å². The molecule has 0 aliphatic carbocycles. The molecule has 8 heteroatoms. The number of aromatic nitrogens is 1. The smallest absolute Gasteiger partial charge is 0.333 e. The molecule has 1 aromatic rings. The molecule has 0 bridgehead atoms. The number of carbonyl (C=O) groups is 2. The van der Waals surface area contributed by atoms with E-state index in [0.29, 0.717) is 5.92 Å². The first-order valence-electron chi connectivity index (χ1n) is 8.83. The van der Waals surface area contributed by atoms with Crippen LogP contribution >= 0.6 is 0 Å². The Morgan fingerprint density at radius 1 is 1.27 bits per heavy atom. The first-order chi connectivity index (χ1) is 12.4. The van der Waals surface area contributed by atoms with Crippen LogP contribution in [0.1, 0.15) is 37.8 Å². The summed E-state index contributed by atoms with van der Waals surface area (Å²) in [6, 6.07) is 6.23. The van der Waals surface area contributed by atoms with Crippen molar-refractivity contribution < 1.29 is 24.9 Å². The second-order valence-electron chi connectivity index (χ2n) is 6.42. The van der Waals surface area contributed by atoms with E-state index in [4.69, 9.17) is 21.1 Å². The fourth-order valence-electron chi connectivity index (χ4n) is 2.73. The van der Waals surface area contributed by atoms with Crippen LogP contribution in [0, 0.1) is 5.92 Å². The van der Waals surface area contributed by atoms with Crippen molar-refractivity contribution in [3.8, 4) is 0 Å². The van der Waals surface area contributed by atoms with Crippen LogP contribution in [0.3, 0.4) is 0 Å². The van der Waals surface area contributed by atoms with Gasteiger partial charge in [-0.25, -0.2) is 4.79 Å². The van der Waals surface area contributed by atoms with Crippen LogP contribution in [-0.2, 0) is 9.59 Å². The minimum atomic E-state index is -1.82. The number of carboxylic acid groups (broad SMARTS) is 2. The van der Waals surface area contributed by atoms with Crippen LogP contribution in [0.15, 0.2) is 24.4 Å². The molecule has 0 radical (unpaired) electrons. The highest BCUT2D eigenvalue weighted by molar-refractivity contribution is 5.81. The van der Waals surface area contributed by atoms with Crippen LogP contribution in [0.2, 0.25) is 0 Å². The summed E-state index contributed by atoms with van der Waals surface area (Å²) >= 11 is 0. The molecule has 0 saturated carbocycles. The summed E-state index contributed by atoms with van der Waals surface area (Å²) in [5.41, 5.74) is 6.79. The van der Waals surface area contributed by atoms with Crippen LogP contribution in [-0.4, -0.2) is 69.4 Å². The summed E-state index contributed by atoms with van der Waals surface area (Å²) in [6.07, 6.45) is 3.67. The quantitative estimate of drug-likeness (QED) is 0.554. The van der Waals surface area contributed by atoms with Gasteiger partial charge in [0.1, 0.15) is 0 Å². The third kappa shape index (κ3) is 7.47. The lowest BCUT2D eigenvalue weighted by molar-refractivity contribution is -0.158. The molecule has 1 aliphatic rings. The normalized spacial score (nSPS) is 17.7. The topological polar surface area (TPSA) is 137 Å². The number of nitrogens with zero attached hydrogens (tertiary/aromatic N) is 2. The van der Waals surface area contributed by atoms with Gasteiger partial charge in [0.15, 0.2) is 6.10 Å². The van der Waals surface area contributed by atoms with E-state index < -0.39 is 24.0 Å². The maximum Gasteiger partial charge on any atom is 0.333 e. The van der Waals surface area contributed by atoms with Crippen LogP contribution in [0.25, 0.3) is 0 Å². The fraction of sp³-hybridized carbons (Fsp3) is 0.611. The van der Waals surface area contributed by atoms with Gasteiger partial charge in [0.25, 0.3) is 0 Å². The highest BCUT2D eigenvalue weighted by atomic mass is 16.4. The number of rotatable bonds is 7. The van der Waals surface area contributed by atoms with Gasteiger partial charge in [0, 0.05) is 17.8 Å². The lowest BCUT2D eigenvalue weighted by atomic mass is 9.93. The van der Waals surface area contributed by atoms with Crippen LogP contribution in [0.4, 0.5) is 0 Å². The van der Waals surface area contributed by atoms with Crippen molar-refractivity contribution >= 4 is 11.9 Å². The molecule has 2 rings (SSSR count). The molecule has 1 aliphatic heterocycles. The van der Waals surface area contributed by atoms with Crippen LogP contribution < -0.4 is 5.73 Å². The van der Waals surface area contributed by atoms with E-state index in [1.807, 2.05) is 12.3 Å². The summed E-state index contributed by atoms with van der Waals surface area (Å²) < 4.78 is 0. The molecule has 1 saturated heterocycles. The number of carboxylic acids is 2. The second kappa shape index (κ2) is 11.6. The summed E-state index contributed by atoms with van der Waals surface area (Å²) in [4.78, 5) is 26.9. The second-order valence-corrected chi connectivity index (χ2v) is 6.42. The molecule has 2 heterocycles. The van der Waals surface area contributed by atoms with Gasteiger partial charge in [-0.3, -0.25) is 9.78 Å². The maximum absolute atomic E-state index is 10.0. The summed E-state index contributed by atoms with van der Waals surface area (Å²) in [5, 5.41) is 24.9. The molecule has 1 aromatic heterocycles. The van der Waals surface area contributed by atoms with Crippen molar-refractivity contribution in [3.63, 3.8) is 0 Å². The Morgan fingerprint density at radius 3 is 2.35 bits per heavy atom. The molecular formula is C18H29N3O5. The zero-order valence-corrected chi connectivity index (χ0v) is 15.1. The average molecular weight is 367 g/mol. The Kier molecular flexibility index (Phi) is 9.79. The minimum absolute atomic E-state index is 0.662. The molecule has 8 nitrogen and oxygen atoms in total. The van der Waals surface area contributed by atoms with Gasteiger partial charge in [0.2, 0.25) is 0 Å². The number of nitrogens with two attached hydrogens (primary N) is 1. The number of piperidine rings is 1. The third-order valence-corrected chi connectivity index (χ3v) is 4.49. The van der Waals surface area contributed by atoms with Gasteiger partial charge < -0.3 is 26.0 Å². The number of aliphatic hydroxyl groups excluding tert-OH is 1. The first kappa shape index (κ1) is 22.0. The van der Waals surface area contributed by atoms with Crippen molar-refractivity contribution in [2.75, 3.05) is 26.2 Å². The van der Waals surface area contributed by atoms with Gasteiger partial charge in [-0.15, -0.1) is 0 Å². The first-order valence-corrected chi connectivity index (χ1v) is 8.83. The van der Waals surface area contributed by atoms with Crippen molar-refractivity contribution in [2.24, 2.45) is 11.7 Å². The number of aliphatic hydroxyl groups is 1. The van der Waals surface area contributed by atoms with E-state index in [1.165, 1.54) is 31.6 Å². The van der Waals surface area contributed by atoms with E-state index in [0.717, 1.165) is 26.4 Å². The highest BCUT2D eigenvalue weighted by Gasteiger charge is 2.27. The number of hydrogen-bond donors (Lipinski definition) is 4. The maximum atomic E-state index is 10.0. The Morgan fingerprint density at radius 2 is 1.92 bits per heavy atom. The molecule has 2 atom stereocenters. The summed E-state index contributed by atoms with van der Waals surface area (Å²) in [6.45, 7) is 5.48. The lowest BCUT2D eigenvalue weighted by Gasteiger charge is -2.31. The Bertz CT molecular complexity index is 529. The lowest BCUT2D eigenvalue weighted by Crippen LogP contribution is -2.34. The average Bonchev–Trinajstić information content (AvgIpc) is 2.66. The number of hydrogen-bond acceptors (Lipinski definition) is 6. The number of aliphatic carboxylic acids is 2. The Hall–Kier alpha value is -2.03. The summed E-state index contributed by atoms with van der Waals surface area (Å²) in [5.74, 6) is -3.45. The van der Waals surface area contributed by atoms with E-state index >= 15 is 0 Å². The predicted molar refractivity (Wildman–Crippen MR) is 96.8 cm³/mol. The minimum Gasteiger partial charge on any atom is -0.481 e. The van der Waals surface area contributed by atoms with Gasteiger partial charge in [-0.2, -0.15) is 0 Å². The molecule has 1 fully saturated rings. The van der Waals surface area contributed by atoms with E-state index in [9.17, 15) is 9.59 Å². The third-order valence-electron chi connectivity index (χ3n) is 4.49. The molecule has 2 unspecified atom stereocenters. The Balaban J connectivity index is 0.000000294. The molecule has 0 aromatic carbocycles. The SMILES string of the molecule is CC(C(=O)O)C(O)C(=O)O.NCCCN1CCC(c2ccccn2)CC1. The molecule has 146 valence electrons. The van der Waals surface area contributed by atoms with E-state index in [2.05, 4.69) is 22.0 Å².